The lowest BCUT2D eigenvalue weighted by molar-refractivity contribution is -0.152. The van der Waals surface area contributed by atoms with Crippen LogP contribution in [0.1, 0.15) is 12.0 Å². The quantitative estimate of drug-likeness (QED) is 0.700. The Labute approximate surface area is 90.9 Å². The van der Waals surface area contributed by atoms with Crippen molar-refractivity contribution in [3.8, 4) is 0 Å². The van der Waals surface area contributed by atoms with Gasteiger partial charge in [0, 0.05) is 18.2 Å². The highest BCUT2D eigenvalue weighted by atomic mass is 19.1. The molecule has 0 bridgehead atoms. The number of esters is 1. The largest absolute Gasteiger partial charge is 0.466 e. The van der Waals surface area contributed by atoms with Crippen molar-refractivity contribution in [2.24, 2.45) is 5.16 Å². The Hall–Kier alpha value is -1.98. The molecule has 2 heterocycles. The number of oxime groups is 1. The molecule has 16 heavy (non-hydrogen) atoms. The average Bonchev–Trinajstić information content (AvgIpc) is 2.77. The highest BCUT2D eigenvalue weighted by Gasteiger charge is 2.29. The van der Waals surface area contributed by atoms with Gasteiger partial charge in [-0.05, 0) is 6.07 Å². The van der Waals surface area contributed by atoms with Gasteiger partial charge >= 0.3 is 5.97 Å². The summed E-state index contributed by atoms with van der Waals surface area (Å²) in [7, 11) is 1.27. The molecule has 1 aromatic rings. The number of hydrogen-bond donors (Lipinski definition) is 0. The van der Waals surface area contributed by atoms with Gasteiger partial charge in [-0.2, -0.15) is 0 Å². The summed E-state index contributed by atoms with van der Waals surface area (Å²) < 4.78 is 17.4. The van der Waals surface area contributed by atoms with E-state index in [0.717, 1.165) is 6.20 Å². The summed E-state index contributed by atoms with van der Waals surface area (Å²) in [4.78, 5) is 19.7. The molecule has 0 spiro atoms. The SMILES string of the molecule is COC(=O)C1CC(c2cncc(F)c2)=NO1. The van der Waals surface area contributed by atoms with Crippen molar-refractivity contribution in [1.82, 2.24) is 4.98 Å². The minimum absolute atomic E-state index is 0.262. The molecule has 0 saturated heterocycles. The number of rotatable bonds is 2. The van der Waals surface area contributed by atoms with E-state index in [1.807, 2.05) is 0 Å². The summed E-state index contributed by atoms with van der Waals surface area (Å²) in [5.41, 5.74) is 0.994. The zero-order valence-corrected chi connectivity index (χ0v) is 8.51. The van der Waals surface area contributed by atoms with Crippen LogP contribution in [-0.4, -0.2) is 29.9 Å². The molecule has 1 atom stereocenters. The van der Waals surface area contributed by atoms with Crippen LogP contribution in [0.3, 0.4) is 0 Å². The lowest BCUT2D eigenvalue weighted by atomic mass is 10.1. The number of pyridine rings is 1. The van der Waals surface area contributed by atoms with Crippen molar-refractivity contribution in [2.45, 2.75) is 12.5 Å². The Morgan fingerprint density at radius 3 is 3.12 bits per heavy atom. The first-order chi connectivity index (χ1) is 7.70. The Kier molecular flexibility index (Phi) is 2.80. The second kappa shape index (κ2) is 4.26. The van der Waals surface area contributed by atoms with Gasteiger partial charge in [-0.25, -0.2) is 9.18 Å². The fourth-order valence-corrected chi connectivity index (χ4v) is 1.38. The first-order valence-corrected chi connectivity index (χ1v) is 4.62. The molecule has 1 aliphatic heterocycles. The van der Waals surface area contributed by atoms with Gasteiger partial charge in [-0.15, -0.1) is 0 Å². The van der Waals surface area contributed by atoms with E-state index in [9.17, 15) is 9.18 Å². The van der Waals surface area contributed by atoms with E-state index in [2.05, 4.69) is 14.9 Å². The molecule has 0 saturated carbocycles. The molecule has 1 aliphatic rings. The van der Waals surface area contributed by atoms with Gasteiger partial charge in [0.15, 0.2) is 0 Å². The summed E-state index contributed by atoms with van der Waals surface area (Å²) in [6.45, 7) is 0. The second-order valence-electron chi connectivity index (χ2n) is 3.25. The third kappa shape index (κ3) is 2.00. The van der Waals surface area contributed by atoms with E-state index >= 15 is 0 Å². The number of aromatic nitrogens is 1. The smallest absolute Gasteiger partial charge is 0.350 e. The van der Waals surface area contributed by atoms with Crippen molar-refractivity contribution in [3.05, 3.63) is 29.8 Å². The van der Waals surface area contributed by atoms with Crippen molar-refractivity contribution < 1.29 is 18.8 Å². The highest BCUT2D eigenvalue weighted by molar-refractivity contribution is 6.03. The summed E-state index contributed by atoms with van der Waals surface area (Å²) in [6, 6.07) is 1.29. The number of halogens is 1. The molecule has 0 aromatic carbocycles. The first kappa shape index (κ1) is 10.5. The Morgan fingerprint density at radius 1 is 1.62 bits per heavy atom. The monoisotopic (exact) mass is 224 g/mol. The van der Waals surface area contributed by atoms with Gasteiger partial charge in [0.1, 0.15) is 5.82 Å². The van der Waals surface area contributed by atoms with Crippen LogP contribution in [0, 0.1) is 5.82 Å². The predicted octanol–water partition coefficient (Wildman–Crippen LogP) is 0.887. The van der Waals surface area contributed by atoms with Gasteiger partial charge in [0.2, 0.25) is 6.10 Å². The number of carbonyl (C=O) groups excluding carboxylic acids is 1. The lowest BCUT2D eigenvalue weighted by Crippen LogP contribution is -2.22. The molecule has 5 nitrogen and oxygen atoms in total. The molecule has 1 aromatic heterocycles. The van der Waals surface area contributed by atoms with Crippen molar-refractivity contribution in [3.63, 3.8) is 0 Å². The van der Waals surface area contributed by atoms with Crippen LogP contribution in [-0.2, 0) is 14.4 Å². The molecule has 84 valence electrons. The van der Waals surface area contributed by atoms with E-state index < -0.39 is 17.9 Å². The van der Waals surface area contributed by atoms with E-state index in [0.29, 0.717) is 11.3 Å². The normalized spacial score (nSPS) is 18.9. The standard InChI is InChI=1S/C10H9FN2O3/c1-15-10(14)9-3-8(13-16-9)6-2-7(11)5-12-4-6/h2,4-5,9H,3H2,1H3. The van der Waals surface area contributed by atoms with Crippen LogP contribution in [0.2, 0.25) is 0 Å². The Balaban J connectivity index is 2.12. The molecule has 0 aliphatic carbocycles. The number of ether oxygens (including phenoxy) is 1. The predicted molar refractivity (Wildman–Crippen MR) is 52.2 cm³/mol. The Bertz CT molecular complexity index is 447. The van der Waals surface area contributed by atoms with Crippen LogP contribution >= 0.6 is 0 Å². The molecule has 0 N–H and O–H groups in total. The van der Waals surface area contributed by atoms with E-state index in [4.69, 9.17) is 4.84 Å². The summed E-state index contributed by atoms with van der Waals surface area (Å²) in [5.74, 6) is -0.954. The van der Waals surface area contributed by atoms with Crippen LogP contribution < -0.4 is 0 Å². The third-order valence-electron chi connectivity index (χ3n) is 2.17. The molecule has 0 fully saturated rings. The number of nitrogens with zero attached hydrogens (tertiary/aromatic N) is 2. The summed E-state index contributed by atoms with van der Waals surface area (Å²) in [6.07, 6.45) is 2.07. The van der Waals surface area contributed by atoms with Gasteiger partial charge in [-0.3, -0.25) is 4.98 Å². The zero-order valence-electron chi connectivity index (χ0n) is 8.51. The van der Waals surface area contributed by atoms with Crippen LogP contribution in [0.4, 0.5) is 4.39 Å². The average molecular weight is 224 g/mol. The van der Waals surface area contributed by atoms with Crippen LogP contribution in [0.5, 0.6) is 0 Å². The van der Waals surface area contributed by atoms with Crippen LogP contribution in [0.25, 0.3) is 0 Å². The Morgan fingerprint density at radius 2 is 2.44 bits per heavy atom. The van der Waals surface area contributed by atoms with E-state index in [-0.39, 0.29) is 6.42 Å². The molecule has 0 amide bonds. The summed E-state index contributed by atoms with van der Waals surface area (Å²) in [5, 5.41) is 3.71. The van der Waals surface area contributed by atoms with E-state index in [1.54, 1.807) is 0 Å². The first-order valence-electron chi connectivity index (χ1n) is 4.62. The maximum atomic E-state index is 12.9. The maximum absolute atomic E-state index is 12.9. The molecule has 2 rings (SSSR count). The molecule has 1 unspecified atom stereocenters. The van der Waals surface area contributed by atoms with Gasteiger partial charge < -0.3 is 9.57 Å². The van der Waals surface area contributed by atoms with Crippen molar-refractivity contribution >= 4 is 11.7 Å². The second-order valence-corrected chi connectivity index (χ2v) is 3.25. The van der Waals surface area contributed by atoms with Crippen LogP contribution in [0.15, 0.2) is 23.6 Å². The minimum atomic E-state index is -0.747. The molecule has 0 radical (unpaired) electrons. The minimum Gasteiger partial charge on any atom is -0.466 e. The highest BCUT2D eigenvalue weighted by Crippen LogP contribution is 2.17. The molecular formula is C10H9FN2O3. The third-order valence-corrected chi connectivity index (χ3v) is 2.17. The summed E-state index contributed by atoms with van der Waals surface area (Å²) >= 11 is 0. The number of methoxy groups -OCH3 is 1. The van der Waals surface area contributed by atoms with Crippen molar-refractivity contribution in [1.29, 1.82) is 0 Å². The lowest BCUT2D eigenvalue weighted by Gasteiger charge is -2.03. The fourth-order valence-electron chi connectivity index (χ4n) is 1.38. The van der Waals surface area contributed by atoms with Gasteiger partial charge in [0.25, 0.3) is 0 Å². The number of carbonyl (C=O) groups is 1. The van der Waals surface area contributed by atoms with E-state index in [1.165, 1.54) is 19.4 Å². The zero-order chi connectivity index (χ0) is 11.5. The fraction of sp³-hybridized carbons (Fsp3) is 0.300. The maximum Gasteiger partial charge on any atom is 0.350 e. The number of hydrogen-bond acceptors (Lipinski definition) is 5. The van der Waals surface area contributed by atoms with Crippen molar-refractivity contribution in [2.75, 3.05) is 7.11 Å². The van der Waals surface area contributed by atoms with Gasteiger partial charge in [0.05, 0.1) is 19.0 Å². The molecule has 6 heteroatoms. The molecular weight excluding hydrogens is 215 g/mol. The topological polar surface area (TPSA) is 60.8 Å². The van der Waals surface area contributed by atoms with Gasteiger partial charge in [-0.1, -0.05) is 5.16 Å².